The molecule has 0 atom stereocenters. The fourth-order valence-electron chi connectivity index (χ4n) is 3.24. The number of aryl methyl sites for hydroxylation is 2. The van der Waals surface area contributed by atoms with Crippen LogP contribution in [-0.2, 0) is 6.42 Å². The first-order chi connectivity index (χ1) is 11.2. The second kappa shape index (κ2) is 7.31. The Hall–Kier alpha value is -1.61. The number of hydrogen-bond donors (Lipinski definition) is 1. The zero-order valence-electron chi connectivity index (χ0n) is 14.1. The topological polar surface area (TPSA) is 6.48 Å². The van der Waals surface area contributed by atoms with Crippen LogP contribution in [0.1, 0.15) is 24.5 Å². The molecular weight excluding hydrogens is 300 g/mol. The molecule has 0 radical (unpaired) electrons. The van der Waals surface area contributed by atoms with Crippen molar-refractivity contribution in [3.63, 3.8) is 0 Å². The highest BCUT2D eigenvalue weighted by Gasteiger charge is 2.19. The summed E-state index contributed by atoms with van der Waals surface area (Å²) in [5.41, 5.74) is 5.31. The van der Waals surface area contributed by atoms with Crippen LogP contribution >= 0.6 is 12.6 Å². The van der Waals surface area contributed by atoms with Gasteiger partial charge in [0, 0.05) is 36.8 Å². The molecule has 0 spiro atoms. The van der Waals surface area contributed by atoms with Crippen molar-refractivity contribution < 1.29 is 0 Å². The molecule has 1 fully saturated rings. The Bertz CT molecular complexity index is 643. The lowest BCUT2D eigenvalue weighted by Gasteiger charge is -2.38. The minimum Gasteiger partial charge on any atom is -0.368 e. The average Bonchev–Trinajstić information content (AvgIpc) is 2.56. The summed E-state index contributed by atoms with van der Waals surface area (Å²) in [6.45, 7) is 8.58. The molecule has 0 aromatic heterocycles. The van der Waals surface area contributed by atoms with Crippen LogP contribution in [0.2, 0.25) is 0 Å². The predicted octanol–water partition coefficient (Wildman–Crippen LogP) is 4.56. The second-order valence-electron chi connectivity index (χ2n) is 6.38. The van der Waals surface area contributed by atoms with Crippen molar-refractivity contribution in [2.45, 2.75) is 31.6 Å². The van der Waals surface area contributed by atoms with E-state index in [1.54, 1.807) is 0 Å². The van der Waals surface area contributed by atoms with Crippen molar-refractivity contribution in [2.24, 2.45) is 0 Å². The van der Waals surface area contributed by atoms with E-state index in [0.717, 1.165) is 37.5 Å². The molecule has 2 aromatic rings. The van der Waals surface area contributed by atoms with Crippen molar-refractivity contribution in [1.29, 1.82) is 0 Å². The smallest absolute Gasteiger partial charge is 0.0503 e. The Balaban J connectivity index is 1.65. The summed E-state index contributed by atoms with van der Waals surface area (Å²) in [6.07, 6.45) is 2.32. The second-order valence-corrected chi connectivity index (χ2v) is 6.86. The molecule has 1 aliphatic heterocycles. The summed E-state index contributed by atoms with van der Waals surface area (Å²) in [7, 11) is 0. The molecular formula is C20H26N2S. The Morgan fingerprint density at radius 3 is 2.17 bits per heavy atom. The van der Waals surface area contributed by atoms with Crippen LogP contribution in [0.5, 0.6) is 0 Å². The van der Waals surface area contributed by atoms with Gasteiger partial charge in [0.1, 0.15) is 0 Å². The van der Waals surface area contributed by atoms with Gasteiger partial charge in [-0.15, -0.1) is 12.6 Å². The molecule has 0 unspecified atom stereocenters. The molecule has 2 nitrogen and oxygen atoms in total. The van der Waals surface area contributed by atoms with Gasteiger partial charge in [0.2, 0.25) is 0 Å². The fourth-order valence-corrected chi connectivity index (χ4v) is 3.62. The van der Waals surface area contributed by atoms with Crippen LogP contribution in [0.3, 0.4) is 0 Å². The summed E-state index contributed by atoms with van der Waals surface area (Å²) in [4.78, 5) is 6.04. The van der Waals surface area contributed by atoms with Crippen LogP contribution in [-0.4, -0.2) is 26.2 Å². The number of thiol groups is 1. The highest BCUT2D eigenvalue weighted by Crippen LogP contribution is 2.28. The van der Waals surface area contributed by atoms with Crippen LogP contribution < -0.4 is 9.80 Å². The minimum absolute atomic E-state index is 1.05. The normalized spacial score (nSPS) is 15.1. The first kappa shape index (κ1) is 16.3. The van der Waals surface area contributed by atoms with E-state index in [1.165, 1.54) is 28.9 Å². The van der Waals surface area contributed by atoms with Crippen molar-refractivity contribution in [2.75, 3.05) is 36.0 Å². The SMILES string of the molecule is CCCc1ccc(N2CCN(c3ccc(C)cc3)CC2)c(S)c1. The van der Waals surface area contributed by atoms with Crippen molar-refractivity contribution in [3.05, 3.63) is 53.6 Å². The predicted molar refractivity (Wildman–Crippen MR) is 103 cm³/mol. The lowest BCUT2D eigenvalue weighted by atomic mass is 10.1. The standard InChI is InChI=1S/C20H26N2S/c1-3-4-17-7-10-19(20(23)15-17)22-13-11-21(12-14-22)18-8-5-16(2)6-9-18/h5-10,15,23H,3-4,11-14H2,1-2H3. The molecule has 0 amide bonds. The van der Waals surface area contributed by atoms with E-state index >= 15 is 0 Å². The van der Waals surface area contributed by atoms with Gasteiger partial charge in [0.25, 0.3) is 0 Å². The molecule has 2 aromatic carbocycles. The third kappa shape index (κ3) is 3.84. The fraction of sp³-hybridized carbons (Fsp3) is 0.400. The summed E-state index contributed by atoms with van der Waals surface area (Å²) >= 11 is 4.72. The number of rotatable bonds is 4. The van der Waals surface area contributed by atoms with E-state index in [9.17, 15) is 0 Å². The molecule has 3 heteroatoms. The van der Waals surface area contributed by atoms with Gasteiger partial charge in [-0.2, -0.15) is 0 Å². The summed E-state index contributed by atoms with van der Waals surface area (Å²) in [6, 6.07) is 15.6. The van der Waals surface area contributed by atoms with Crippen LogP contribution in [0.4, 0.5) is 11.4 Å². The van der Waals surface area contributed by atoms with Gasteiger partial charge in [-0.1, -0.05) is 37.1 Å². The van der Waals surface area contributed by atoms with Gasteiger partial charge in [0.15, 0.2) is 0 Å². The van der Waals surface area contributed by atoms with Crippen LogP contribution in [0.15, 0.2) is 47.4 Å². The maximum Gasteiger partial charge on any atom is 0.0503 e. The number of anilines is 2. The minimum atomic E-state index is 1.05. The maximum absolute atomic E-state index is 4.72. The molecule has 0 saturated carbocycles. The van der Waals surface area contributed by atoms with Gasteiger partial charge in [-0.05, 0) is 43.2 Å². The Kier molecular flexibility index (Phi) is 5.16. The Morgan fingerprint density at radius 2 is 1.57 bits per heavy atom. The molecule has 23 heavy (non-hydrogen) atoms. The number of nitrogens with zero attached hydrogens (tertiary/aromatic N) is 2. The largest absolute Gasteiger partial charge is 0.368 e. The third-order valence-electron chi connectivity index (χ3n) is 4.60. The van der Waals surface area contributed by atoms with Crippen molar-refractivity contribution >= 4 is 24.0 Å². The highest BCUT2D eigenvalue weighted by atomic mass is 32.1. The van der Waals surface area contributed by atoms with Gasteiger partial charge >= 0.3 is 0 Å². The molecule has 1 aliphatic rings. The van der Waals surface area contributed by atoms with E-state index in [0.29, 0.717) is 0 Å². The van der Waals surface area contributed by atoms with E-state index in [4.69, 9.17) is 12.6 Å². The lowest BCUT2D eigenvalue weighted by molar-refractivity contribution is 0.650. The van der Waals surface area contributed by atoms with Gasteiger partial charge < -0.3 is 9.80 Å². The summed E-state index contributed by atoms with van der Waals surface area (Å²) < 4.78 is 0. The first-order valence-corrected chi connectivity index (χ1v) is 9.00. The van der Waals surface area contributed by atoms with Gasteiger partial charge in [-0.3, -0.25) is 0 Å². The van der Waals surface area contributed by atoms with E-state index in [1.807, 2.05) is 0 Å². The van der Waals surface area contributed by atoms with Crippen molar-refractivity contribution in [3.8, 4) is 0 Å². The quantitative estimate of drug-likeness (QED) is 0.823. The monoisotopic (exact) mass is 326 g/mol. The number of hydrogen-bond acceptors (Lipinski definition) is 3. The molecule has 1 heterocycles. The highest BCUT2D eigenvalue weighted by molar-refractivity contribution is 7.80. The van der Waals surface area contributed by atoms with Crippen molar-refractivity contribution in [1.82, 2.24) is 0 Å². The molecule has 0 aliphatic carbocycles. The molecule has 1 saturated heterocycles. The maximum atomic E-state index is 4.72. The van der Waals surface area contributed by atoms with Gasteiger partial charge in [0.05, 0.1) is 5.69 Å². The van der Waals surface area contributed by atoms with Crippen LogP contribution in [0.25, 0.3) is 0 Å². The summed E-state index contributed by atoms with van der Waals surface area (Å²) in [5, 5.41) is 0. The molecule has 0 bridgehead atoms. The third-order valence-corrected chi connectivity index (χ3v) is 4.96. The average molecular weight is 327 g/mol. The number of piperazine rings is 1. The van der Waals surface area contributed by atoms with E-state index in [-0.39, 0.29) is 0 Å². The Labute approximate surface area is 145 Å². The summed E-state index contributed by atoms with van der Waals surface area (Å²) in [5.74, 6) is 0. The Morgan fingerprint density at radius 1 is 0.913 bits per heavy atom. The molecule has 0 N–H and O–H groups in total. The molecule has 3 rings (SSSR count). The van der Waals surface area contributed by atoms with E-state index in [2.05, 4.69) is 66.1 Å². The first-order valence-electron chi connectivity index (χ1n) is 8.56. The zero-order valence-corrected chi connectivity index (χ0v) is 15.0. The van der Waals surface area contributed by atoms with Gasteiger partial charge in [-0.25, -0.2) is 0 Å². The molecule has 122 valence electrons. The van der Waals surface area contributed by atoms with E-state index < -0.39 is 0 Å². The zero-order chi connectivity index (χ0) is 16.2. The van der Waals surface area contributed by atoms with Crippen LogP contribution in [0, 0.1) is 6.92 Å². The number of benzene rings is 2. The lowest BCUT2D eigenvalue weighted by Crippen LogP contribution is -2.46.